The zero-order valence-electron chi connectivity index (χ0n) is 10.4. The molecule has 0 fully saturated rings. The van der Waals surface area contributed by atoms with E-state index in [2.05, 4.69) is 25.1 Å². The van der Waals surface area contributed by atoms with Crippen LogP contribution in [0.1, 0.15) is 5.89 Å². The van der Waals surface area contributed by atoms with Gasteiger partial charge in [-0.3, -0.25) is 20.0 Å². The second-order valence-electron chi connectivity index (χ2n) is 3.47. The minimum atomic E-state index is -0.693. The van der Waals surface area contributed by atoms with Gasteiger partial charge in [-0.1, -0.05) is 0 Å². The van der Waals surface area contributed by atoms with Gasteiger partial charge in [0.15, 0.2) is 0 Å². The Hall–Kier alpha value is -2.98. The second-order valence-corrected chi connectivity index (χ2v) is 3.47. The maximum Gasteiger partial charge on any atom is 0.362 e. The number of ether oxygens (including phenoxy) is 2. The van der Waals surface area contributed by atoms with Gasteiger partial charge in [0.05, 0.1) is 19.1 Å². The molecule has 0 atom stereocenters. The van der Waals surface area contributed by atoms with Crippen molar-refractivity contribution < 1.29 is 23.6 Å². The van der Waals surface area contributed by atoms with Gasteiger partial charge >= 0.3 is 17.5 Å². The number of nitro groups is 1. The lowest BCUT2D eigenvalue weighted by atomic mass is 10.3. The second kappa shape index (κ2) is 5.34. The molecule has 2 heterocycles. The summed E-state index contributed by atoms with van der Waals surface area (Å²) in [6.07, 6.45) is -0.234. The van der Waals surface area contributed by atoms with E-state index in [1.54, 1.807) is 0 Å². The topological polar surface area (TPSA) is 146 Å². The summed E-state index contributed by atoms with van der Waals surface area (Å²) in [6.45, 7) is 0. The fourth-order valence-electron chi connectivity index (χ4n) is 1.40. The number of esters is 1. The van der Waals surface area contributed by atoms with Crippen molar-refractivity contribution in [1.82, 2.24) is 20.4 Å². The molecule has 0 unspecified atom stereocenters. The monoisotopic (exact) mass is 283 g/mol. The van der Waals surface area contributed by atoms with Crippen LogP contribution < -0.4 is 4.74 Å². The van der Waals surface area contributed by atoms with E-state index in [1.807, 2.05) is 0 Å². The zero-order valence-corrected chi connectivity index (χ0v) is 10.4. The number of aromatic amines is 1. The zero-order chi connectivity index (χ0) is 14.7. The summed E-state index contributed by atoms with van der Waals surface area (Å²) >= 11 is 0. The lowest BCUT2D eigenvalue weighted by molar-refractivity contribution is -0.385. The first-order chi connectivity index (χ1) is 9.56. The quantitative estimate of drug-likeness (QED) is 0.458. The van der Waals surface area contributed by atoms with Crippen LogP contribution in [-0.2, 0) is 16.0 Å². The number of rotatable bonds is 5. The molecule has 2 rings (SSSR count). The Bertz CT molecular complexity index is 647. The molecule has 2 aromatic heterocycles. The first-order valence-corrected chi connectivity index (χ1v) is 5.23. The summed E-state index contributed by atoms with van der Waals surface area (Å²) in [4.78, 5) is 21.3. The highest BCUT2D eigenvalue weighted by Crippen LogP contribution is 2.34. The summed E-state index contributed by atoms with van der Waals surface area (Å²) in [5.41, 5.74) is -0.531. The number of H-pyrrole nitrogens is 1. The summed E-state index contributed by atoms with van der Waals surface area (Å²) in [5, 5.41) is 24.1. The van der Waals surface area contributed by atoms with Crippen molar-refractivity contribution in [3.8, 4) is 17.5 Å². The molecule has 2 aromatic rings. The Morgan fingerprint density at radius 3 is 2.80 bits per heavy atom. The van der Waals surface area contributed by atoms with Gasteiger partial charge in [0.1, 0.15) is 6.42 Å². The molecule has 11 heteroatoms. The molecule has 1 N–H and O–H groups in total. The molecule has 0 amide bonds. The third-order valence-electron chi connectivity index (χ3n) is 2.29. The van der Waals surface area contributed by atoms with Gasteiger partial charge in [-0.15, -0.1) is 15.3 Å². The summed E-state index contributed by atoms with van der Waals surface area (Å²) in [5.74, 6) is -0.990. The van der Waals surface area contributed by atoms with Crippen LogP contribution in [0.15, 0.2) is 4.42 Å². The van der Waals surface area contributed by atoms with Crippen LogP contribution in [0.25, 0.3) is 11.6 Å². The van der Waals surface area contributed by atoms with Crippen LogP contribution in [-0.4, -0.2) is 45.5 Å². The van der Waals surface area contributed by atoms with Crippen LogP contribution in [0.5, 0.6) is 5.88 Å². The van der Waals surface area contributed by atoms with E-state index in [4.69, 9.17) is 9.15 Å². The van der Waals surface area contributed by atoms with Gasteiger partial charge in [-0.2, -0.15) is 0 Å². The number of methoxy groups -OCH3 is 2. The number of nitrogens with one attached hydrogen (secondary N) is 1. The van der Waals surface area contributed by atoms with E-state index in [1.165, 1.54) is 14.2 Å². The van der Waals surface area contributed by atoms with Gasteiger partial charge < -0.3 is 13.9 Å². The molecule has 20 heavy (non-hydrogen) atoms. The van der Waals surface area contributed by atoms with Gasteiger partial charge in [0.25, 0.3) is 5.89 Å². The molecule has 0 saturated heterocycles. The molecule has 0 radical (unpaired) electrons. The van der Waals surface area contributed by atoms with Crippen LogP contribution in [0, 0.1) is 10.1 Å². The first kappa shape index (κ1) is 13.5. The van der Waals surface area contributed by atoms with E-state index >= 15 is 0 Å². The normalized spacial score (nSPS) is 10.3. The predicted molar refractivity (Wildman–Crippen MR) is 60.8 cm³/mol. The smallest absolute Gasteiger partial charge is 0.362 e. The molecular formula is C9H9N5O6. The lowest BCUT2D eigenvalue weighted by Crippen LogP contribution is -2.04. The molecule has 0 aromatic carbocycles. The van der Waals surface area contributed by atoms with Crippen LogP contribution in [0.3, 0.4) is 0 Å². The average molecular weight is 283 g/mol. The van der Waals surface area contributed by atoms with E-state index in [0.29, 0.717) is 0 Å². The fourth-order valence-corrected chi connectivity index (χ4v) is 1.40. The molecule has 106 valence electrons. The van der Waals surface area contributed by atoms with Crippen LogP contribution in [0.2, 0.25) is 0 Å². The molecule has 0 spiro atoms. The van der Waals surface area contributed by atoms with Crippen molar-refractivity contribution in [1.29, 1.82) is 0 Å². The van der Waals surface area contributed by atoms with E-state index < -0.39 is 16.6 Å². The SMILES string of the molecule is COC(=O)Cc1nnc(-c2[nH]nc(OC)c2[N+](=O)[O-])o1. The molecular weight excluding hydrogens is 274 g/mol. The predicted octanol–water partition coefficient (Wildman–Crippen LogP) is 0.0920. The minimum Gasteiger partial charge on any atom is -0.475 e. The Labute approximate surface area is 111 Å². The third kappa shape index (κ3) is 2.41. The standard InChI is InChI=1S/C9H9N5O6/c1-18-5(15)3-4-10-12-8(20-4)6-7(14(16)17)9(19-2)13-11-6/h3H2,1-2H3,(H,11,13). The number of hydrogen-bond acceptors (Lipinski definition) is 9. The van der Waals surface area contributed by atoms with Crippen molar-refractivity contribution in [3.63, 3.8) is 0 Å². The van der Waals surface area contributed by atoms with Gasteiger partial charge in [0.2, 0.25) is 11.6 Å². The fraction of sp³-hybridized carbons (Fsp3) is 0.333. The number of aromatic nitrogens is 4. The number of nitrogens with zero attached hydrogens (tertiary/aromatic N) is 4. The highest BCUT2D eigenvalue weighted by atomic mass is 16.6. The lowest BCUT2D eigenvalue weighted by Gasteiger charge is -1.93. The number of carbonyl (C=O) groups excluding carboxylic acids is 1. The van der Waals surface area contributed by atoms with E-state index in [9.17, 15) is 14.9 Å². The Kier molecular flexibility index (Phi) is 3.59. The van der Waals surface area contributed by atoms with Crippen molar-refractivity contribution >= 4 is 11.7 Å². The maximum absolute atomic E-state index is 11.1. The van der Waals surface area contributed by atoms with Crippen molar-refractivity contribution in [3.05, 3.63) is 16.0 Å². The van der Waals surface area contributed by atoms with Crippen molar-refractivity contribution in [2.45, 2.75) is 6.42 Å². The number of hydrogen-bond donors (Lipinski definition) is 1. The molecule has 0 saturated carbocycles. The molecule has 0 bridgehead atoms. The largest absolute Gasteiger partial charge is 0.475 e. The Balaban J connectivity index is 2.35. The summed E-state index contributed by atoms with van der Waals surface area (Å²) in [7, 11) is 2.45. The Morgan fingerprint density at radius 1 is 1.45 bits per heavy atom. The summed E-state index contributed by atoms with van der Waals surface area (Å²) < 4.78 is 14.3. The molecule has 0 aliphatic carbocycles. The van der Waals surface area contributed by atoms with E-state index in [-0.39, 0.29) is 29.8 Å². The van der Waals surface area contributed by atoms with Crippen molar-refractivity contribution in [2.75, 3.05) is 14.2 Å². The Morgan fingerprint density at radius 2 is 2.20 bits per heavy atom. The third-order valence-corrected chi connectivity index (χ3v) is 2.29. The summed E-state index contributed by atoms with van der Waals surface area (Å²) in [6, 6.07) is 0. The number of carbonyl (C=O) groups is 1. The van der Waals surface area contributed by atoms with Crippen molar-refractivity contribution in [2.24, 2.45) is 0 Å². The van der Waals surface area contributed by atoms with Crippen LogP contribution >= 0.6 is 0 Å². The van der Waals surface area contributed by atoms with Gasteiger partial charge in [0, 0.05) is 0 Å². The molecule has 11 nitrogen and oxygen atoms in total. The van der Waals surface area contributed by atoms with E-state index in [0.717, 1.165) is 0 Å². The highest BCUT2D eigenvalue weighted by molar-refractivity contribution is 5.71. The highest BCUT2D eigenvalue weighted by Gasteiger charge is 2.30. The van der Waals surface area contributed by atoms with Gasteiger partial charge in [-0.25, -0.2) is 0 Å². The average Bonchev–Trinajstić information content (AvgIpc) is 3.03. The molecule has 0 aliphatic heterocycles. The minimum absolute atomic E-state index is 0.0327. The first-order valence-electron chi connectivity index (χ1n) is 5.23. The van der Waals surface area contributed by atoms with Gasteiger partial charge in [-0.05, 0) is 0 Å². The molecule has 0 aliphatic rings. The van der Waals surface area contributed by atoms with Crippen LogP contribution in [0.4, 0.5) is 5.69 Å². The maximum atomic E-state index is 11.1.